The molecule has 1 unspecified atom stereocenters. The van der Waals surface area contributed by atoms with Crippen LogP contribution in [0.3, 0.4) is 0 Å². The average Bonchev–Trinajstić information content (AvgIpc) is 2.28. The molecule has 1 aliphatic heterocycles. The molecule has 1 atom stereocenters. The molecule has 1 heterocycles. The number of rotatable bonds is 7. The van der Waals surface area contributed by atoms with Gasteiger partial charge in [0.1, 0.15) is 0 Å². The van der Waals surface area contributed by atoms with E-state index in [1.807, 2.05) is 0 Å². The average molecular weight is 244 g/mol. The van der Waals surface area contributed by atoms with Crippen molar-refractivity contribution in [2.45, 2.75) is 12.5 Å². The molecule has 3 N–H and O–H groups in total. The van der Waals surface area contributed by atoms with Crippen molar-refractivity contribution in [2.75, 3.05) is 66.5 Å². The Kier molecular flexibility index (Phi) is 6.99. The summed E-state index contributed by atoms with van der Waals surface area (Å²) in [7, 11) is 4.23. The van der Waals surface area contributed by atoms with Gasteiger partial charge in [0.25, 0.3) is 0 Å². The number of nitrogens with zero attached hydrogens (tertiary/aromatic N) is 3. The van der Waals surface area contributed by atoms with Gasteiger partial charge in [-0.1, -0.05) is 0 Å². The first kappa shape index (κ1) is 14.9. The number of likely N-dealkylation sites (N-methyl/N-ethyl adjacent to an activating group) is 1. The highest BCUT2D eigenvalue weighted by atomic mass is 16.3. The Balaban J connectivity index is 2.12. The van der Waals surface area contributed by atoms with Crippen LogP contribution in [0.15, 0.2) is 0 Å². The van der Waals surface area contributed by atoms with Crippen molar-refractivity contribution in [3.8, 4) is 0 Å². The molecule has 17 heavy (non-hydrogen) atoms. The summed E-state index contributed by atoms with van der Waals surface area (Å²) in [6.07, 6.45) is 0.709. The minimum absolute atomic E-state index is 0.119. The lowest BCUT2D eigenvalue weighted by molar-refractivity contribution is 0.117. The van der Waals surface area contributed by atoms with E-state index in [0.29, 0.717) is 6.42 Å². The van der Waals surface area contributed by atoms with Gasteiger partial charge in [-0.25, -0.2) is 0 Å². The predicted molar refractivity (Wildman–Crippen MR) is 71.1 cm³/mol. The van der Waals surface area contributed by atoms with Crippen molar-refractivity contribution in [2.24, 2.45) is 5.73 Å². The molecular weight excluding hydrogens is 216 g/mol. The molecule has 0 aromatic rings. The third-order valence-electron chi connectivity index (χ3n) is 3.32. The Labute approximate surface area is 105 Å². The van der Waals surface area contributed by atoms with E-state index in [1.54, 1.807) is 0 Å². The van der Waals surface area contributed by atoms with E-state index >= 15 is 0 Å². The van der Waals surface area contributed by atoms with E-state index in [2.05, 4.69) is 28.8 Å². The molecule has 1 aliphatic rings. The second-order valence-corrected chi connectivity index (χ2v) is 5.22. The first-order valence-corrected chi connectivity index (χ1v) is 6.57. The fraction of sp³-hybridized carbons (Fsp3) is 1.00. The number of nitrogens with two attached hydrogens (primary N) is 1. The molecule has 5 heteroatoms. The van der Waals surface area contributed by atoms with Gasteiger partial charge in [0.05, 0.1) is 0 Å². The molecule has 0 spiro atoms. The summed E-state index contributed by atoms with van der Waals surface area (Å²) in [5.74, 6) is 0. The van der Waals surface area contributed by atoms with Crippen molar-refractivity contribution in [1.82, 2.24) is 14.7 Å². The lowest BCUT2D eigenvalue weighted by atomic mass is 10.2. The van der Waals surface area contributed by atoms with Crippen LogP contribution >= 0.6 is 0 Å². The van der Waals surface area contributed by atoms with E-state index in [4.69, 9.17) is 10.8 Å². The maximum Gasteiger partial charge on any atom is 0.0446 e. The third-order valence-corrected chi connectivity index (χ3v) is 3.32. The molecule has 0 bridgehead atoms. The van der Waals surface area contributed by atoms with Gasteiger partial charge in [0, 0.05) is 58.5 Å². The molecule has 0 saturated carbocycles. The quantitative estimate of drug-likeness (QED) is 0.594. The second kappa shape index (κ2) is 8.00. The summed E-state index contributed by atoms with van der Waals surface area (Å²) >= 11 is 0. The largest absolute Gasteiger partial charge is 0.396 e. The highest BCUT2D eigenvalue weighted by Gasteiger charge is 2.18. The number of aliphatic hydroxyl groups excluding tert-OH is 1. The van der Waals surface area contributed by atoms with Crippen molar-refractivity contribution in [1.29, 1.82) is 0 Å². The molecule has 0 amide bonds. The summed E-state index contributed by atoms with van der Waals surface area (Å²) in [6, 6.07) is 0.119. The fourth-order valence-corrected chi connectivity index (χ4v) is 2.13. The summed E-state index contributed by atoms with van der Waals surface area (Å²) in [6.45, 7) is 7.89. The van der Waals surface area contributed by atoms with E-state index in [9.17, 15) is 0 Å². The minimum atomic E-state index is 0.119. The SMILES string of the molecule is CN(C)CCN1CCN(CC(N)CCO)CC1. The topological polar surface area (TPSA) is 56.0 Å². The Morgan fingerprint density at radius 2 is 1.76 bits per heavy atom. The van der Waals surface area contributed by atoms with Gasteiger partial charge in [-0.15, -0.1) is 0 Å². The second-order valence-electron chi connectivity index (χ2n) is 5.22. The maximum absolute atomic E-state index is 8.82. The van der Waals surface area contributed by atoms with Gasteiger partial charge in [0.15, 0.2) is 0 Å². The van der Waals surface area contributed by atoms with Gasteiger partial charge in [-0.05, 0) is 20.5 Å². The molecule has 102 valence electrons. The zero-order chi connectivity index (χ0) is 12.7. The Bertz CT molecular complexity index is 193. The van der Waals surface area contributed by atoms with Crippen LogP contribution in [-0.4, -0.2) is 92.4 Å². The molecule has 5 nitrogen and oxygen atoms in total. The minimum Gasteiger partial charge on any atom is -0.396 e. The first-order valence-electron chi connectivity index (χ1n) is 6.57. The van der Waals surface area contributed by atoms with Gasteiger partial charge < -0.3 is 15.7 Å². The van der Waals surface area contributed by atoms with Crippen LogP contribution in [0.5, 0.6) is 0 Å². The normalized spacial score (nSPS) is 21.0. The number of hydrogen-bond acceptors (Lipinski definition) is 5. The van der Waals surface area contributed by atoms with Crippen molar-refractivity contribution in [3.63, 3.8) is 0 Å². The highest BCUT2D eigenvalue weighted by Crippen LogP contribution is 2.03. The molecule has 0 aromatic heterocycles. The van der Waals surface area contributed by atoms with E-state index < -0.39 is 0 Å². The Morgan fingerprint density at radius 1 is 1.18 bits per heavy atom. The number of piperazine rings is 1. The molecular formula is C12H28N4O. The summed E-state index contributed by atoms with van der Waals surface area (Å²) in [5, 5.41) is 8.82. The lowest BCUT2D eigenvalue weighted by Gasteiger charge is -2.36. The zero-order valence-electron chi connectivity index (χ0n) is 11.3. The third kappa shape index (κ3) is 6.33. The summed E-state index contributed by atoms with van der Waals surface area (Å²) < 4.78 is 0. The molecule has 0 aromatic carbocycles. The van der Waals surface area contributed by atoms with Crippen LogP contribution in [0, 0.1) is 0 Å². The van der Waals surface area contributed by atoms with E-state index in [-0.39, 0.29) is 12.6 Å². The Hall–Kier alpha value is -0.200. The smallest absolute Gasteiger partial charge is 0.0446 e. The lowest BCUT2D eigenvalue weighted by Crippen LogP contribution is -2.50. The number of hydrogen-bond donors (Lipinski definition) is 2. The summed E-state index contributed by atoms with van der Waals surface area (Å²) in [4.78, 5) is 7.14. The van der Waals surface area contributed by atoms with E-state index in [0.717, 1.165) is 45.8 Å². The molecule has 1 fully saturated rings. The van der Waals surface area contributed by atoms with Gasteiger partial charge in [-0.3, -0.25) is 9.80 Å². The van der Waals surface area contributed by atoms with Gasteiger partial charge >= 0.3 is 0 Å². The van der Waals surface area contributed by atoms with Crippen LogP contribution in [0.25, 0.3) is 0 Å². The van der Waals surface area contributed by atoms with Crippen LogP contribution in [0.4, 0.5) is 0 Å². The van der Waals surface area contributed by atoms with Crippen molar-refractivity contribution >= 4 is 0 Å². The van der Waals surface area contributed by atoms with Crippen molar-refractivity contribution in [3.05, 3.63) is 0 Å². The summed E-state index contributed by atoms with van der Waals surface area (Å²) in [5.41, 5.74) is 5.93. The maximum atomic E-state index is 8.82. The van der Waals surface area contributed by atoms with Crippen LogP contribution < -0.4 is 5.73 Å². The monoisotopic (exact) mass is 244 g/mol. The van der Waals surface area contributed by atoms with Crippen LogP contribution in [-0.2, 0) is 0 Å². The number of aliphatic hydroxyl groups is 1. The highest BCUT2D eigenvalue weighted by molar-refractivity contribution is 4.75. The van der Waals surface area contributed by atoms with Gasteiger partial charge in [0.2, 0.25) is 0 Å². The van der Waals surface area contributed by atoms with Crippen molar-refractivity contribution < 1.29 is 5.11 Å². The van der Waals surface area contributed by atoms with Crippen LogP contribution in [0.2, 0.25) is 0 Å². The Morgan fingerprint density at radius 3 is 2.29 bits per heavy atom. The predicted octanol–water partition coefficient (Wildman–Crippen LogP) is -1.12. The van der Waals surface area contributed by atoms with E-state index in [1.165, 1.54) is 0 Å². The molecule has 0 aliphatic carbocycles. The standard InChI is InChI=1S/C12H28N4O/c1-14(2)4-5-15-6-8-16(9-7-15)11-12(13)3-10-17/h12,17H,3-11,13H2,1-2H3. The fourth-order valence-electron chi connectivity index (χ4n) is 2.13. The first-order chi connectivity index (χ1) is 8.11. The van der Waals surface area contributed by atoms with Crippen LogP contribution in [0.1, 0.15) is 6.42 Å². The zero-order valence-corrected chi connectivity index (χ0v) is 11.3. The molecule has 0 radical (unpaired) electrons. The molecule has 1 saturated heterocycles. The van der Waals surface area contributed by atoms with Gasteiger partial charge in [-0.2, -0.15) is 0 Å². The molecule has 1 rings (SSSR count).